The fourth-order valence-electron chi connectivity index (χ4n) is 3.14. The molecule has 18 heavy (non-hydrogen) atoms. The number of likely N-dealkylation sites (tertiary alicyclic amines) is 1. The van der Waals surface area contributed by atoms with Crippen molar-refractivity contribution >= 4 is 12.4 Å². The molecule has 1 aromatic carbocycles. The van der Waals surface area contributed by atoms with Crippen LogP contribution in [0.2, 0.25) is 0 Å². The number of likely N-dealkylation sites (N-methyl/N-ethyl adjacent to an activating group) is 1. The smallest absolute Gasteiger partial charge is 0.164 e. The van der Waals surface area contributed by atoms with Crippen LogP contribution in [0.4, 0.5) is 0 Å². The van der Waals surface area contributed by atoms with Crippen molar-refractivity contribution in [2.24, 2.45) is 0 Å². The second-order valence-electron chi connectivity index (χ2n) is 4.99. The van der Waals surface area contributed by atoms with Gasteiger partial charge in [-0.05, 0) is 32.5 Å². The van der Waals surface area contributed by atoms with Gasteiger partial charge in [-0.1, -0.05) is 12.1 Å². The molecule has 4 heteroatoms. The van der Waals surface area contributed by atoms with Crippen LogP contribution in [0.5, 0.6) is 11.5 Å². The Kier molecular flexibility index (Phi) is 4.03. The van der Waals surface area contributed by atoms with Gasteiger partial charge in [0.05, 0.1) is 13.2 Å². The molecule has 3 rings (SSSR count). The third-order valence-corrected chi connectivity index (χ3v) is 4.08. The van der Waals surface area contributed by atoms with Crippen LogP contribution in [0.15, 0.2) is 18.2 Å². The van der Waals surface area contributed by atoms with Gasteiger partial charge in [0.1, 0.15) is 6.61 Å². The number of rotatable bonds is 1. The number of hydrogen-bond acceptors (Lipinski definition) is 3. The Balaban J connectivity index is 0.00000120. The molecule has 1 fully saturated rings. The largest absolute Gasteiger partial charge is 0.493 e. The summed E-state index contributed by atoms with van der Waals surface area (Å²) in [4.78, 5) is 2.43. The molecule has 0 aromatic heterocycles. The highest BCUT2D eigenvalue weighted by Crippen LogP contribution is 2.44. The summed E-state index contributed by atoms with van der Waals surface area (Å²) < 4.78 is 11.3. The summed E-state index contributed by atoms with van der Waals surface area (Å²) in [5.41, 5.74) is 1.33. The first-order valence-corrected chi connectivity index (χ1v) is 6.31. The second-order valence-corrected chi connectivity index (χ2v) is 4.99. The van der Waals surface area contributed by atoms with E-state index in [2.05, 4.69) is 24.1 Å². The number of ether oxygens (including phenoxy) is 2. The van der Waals surface area contributed by atoms with Crippen molar-refractivity contribution in [3.8, 4) is 11.5 Å². The SMILES string of the molecule is COc1cccc2c1OC[C@@H]1[C@@H]2CCCN1C.Cl. The van der Waals surface area contributed by atoms with Crippen LogP contribution in [0, 0.1) is 0 Å². The molecule has 2 aliphatic heterocycles. The maximum atomic E-state index is 5.92. The molecule has 0 spiro atoms. The fraction of sp³-hybridized carbons (Fsp3) is 0.571. The standard InChI is InChI=1S/C14H19NO2.ClH/c1-15-8-4-6-10-11-5-3-7-13(16-2)14(11)17-9-12(10)15;/h3,5,7,10,12H,4,6,8-9H2,1-2H3;1H/t10-,12-;/m1./s1. The number of halogens is 1. The normalized spacial score (nSPS) is 26.3. The van der Waals surface area contributed by atoms with Crippen LogP contribution in [0.1, 0.15) is 24.3 Å². The minimum absolute atomic E-state index is 0. The first-order chi connectivity index (χ1) is 8.31. The predicted molar refractivity (Wildman–Crippen MR) is 74.1 cm³/mol. The molecule has 0 N–H and O–H groups in total. The highest BCUT2D eigenvalue weighted by Gasteiger charge is 2.36. The van der Waals surface area contributed by atoms with Crippen LogP contribution in [0.25, 0.3) is 0 Å². The number of benzene rings is 1. The first kappa shape index (κ1) is 13.5. The molecule has 1 saturated heterocycles. The lowest BCUT2D eigenvalue weighted by molar-refractivity contribution is 0.0848. The quantitative estimate of drug-likeness (QED) is 0.782. The van der Waals surface area contributed by atoms with Crippen molar-refractivity contribution in [3.05, 3.63) is 23.8 Å². The molecular weight excluding hydrogens is 250 g/mol. The summed E-state index contributed by atoms with van der Waals surface area (Å²) in [5.74, 6) is 2.44. The Labute approximate surface area is 114 Å². The van der Waals surface area contributed by atoms with Gasteiger partial charge in [0, 0.05) is 11.5 Å². The van der Waals surface area contributed by atoms with E-state index >= 15 is 0 Å². The van der Waals surface area contributed by atoms with Crippen molar-refractivity contribution in [3.63, 3.8) is 0 Å². The number of hydrogen-bond donors (Lipinski definition) is 0. The summed E-state index contributed by atoms with van der Waals surface area (Å²) in [6.45, 7) is 1.97. The van der Waals surface area contributed by atoms with Gasteiger partial charge >= 0.3 is 0 Å². The van der Waals surface area contributed by atoms with Gasteiger partial charge in [0.25, 0.3) is 0 Å². The van der Waals surface area contributed by atoms with Crippen molar-refractivity contribution in [1.29, 1.82) is 0 Å². The predicted octanol–water partition coefficient (Wildman–Crippen LogP) is 2.69. The lowest BCUT2D eigenvalue weighted by atomic mass is 9.82. The molecule has 0 amide bonds. The molecule has 2 aliphatic rings. The highest BCUT2D eigenvalue weighted by molar-refractivity contribution is 5.85. The van der Waals surface area contributed by atoms with E-state index in [0.717, 1.165) is 18.1 Å². The van der Waals surface area contributed by atoms with Crippen molar-refractivity contribution in [2.45, 2.75) is 24.8 Å². The van der Waals surface area contributed by atoms with E-state index in [1.54, 1.807) is 7.11 Å². The van der Waals surface area contributed by atoms with Crippen LogP contribution in [0.3, 0.4) is 0 Å². The van der Waals surface area contributed by atoms with Crippen LogP contribution >= 0.6 is 12.4 Å². The zero-order chi connectivity index (χ0) is 11.8. The van der Waals surface area contributed by atoms with Gasteiger partial charge in [-0.25, -0.2) is 0 Å². The Morgan fingerprint density at radius 2 is 2.22 bits per heavy atom. The monoisotopic (exact) mass is 269 g/mol. The minimum atomic E-state index is 0. The molecule has 0 aliphatic carbocycles. The van der Waals surface area contributed by atoms with Crippen molar-refractivity contribution in [2.75, 3.05) is 27.3 Å². The lowest BCUT2D eigenvalue weighted by Crippen LogP contribution is -2.47. The molecule has 1 aromatic rings. The zero-order valence-corrected chi connectivity index (χ0v) is 11.7. The summed E-state index contributed by atoms with van der Waals surface area (Å²) in [5, 5.41) is 0. The maximum Gasteiger partial charge on any atom is 0.164 e. The number of methoxy groups -OCH3 is 1. The van der Waals surface area contributed by atoms with Gasteiger partial charge in [0.15, 0.2) is 11.5 Å². The molecule has 2 atom stereocenters. The average Bonchev–Trinajstić information content (AvgIpc) is 2.38. The third-order valence-electron chi connectivity index (χ3n) is 4.08. The molecule has 3 nitrogen and oxygen atoms in total. The molecule has 0 bridgehead atoms. The number of fused-ring (bicyclic) bond motifs is 3. The van der Waals surface area contributed by atoms with Gasteiger partial charge in [-0.2, -0.15) is 0 Å². The van der Waals surface area contributed by atoms with Crippen LogP contribution < -0.4 is 9.47 Å². The number of para-hydroxylation sites is 1. The molecule has 2 heterocycles. The molecular formula is C14H20ClNO2. The zero-order valence-electron chi connectivity index (χ0n) is 10.9. The maximum absolute atomic E-state index is 5.92. The minimum Gasteiger partial charge on any atom is -0.493 e. The highest BCUT2D eigenvalue weighted by atomic mass is 35.5. The molecule has 0 unspecified atom stereocenters. The van der Waals surface area contributed by atoms with E-state index in [0.29, 0.717) is 12.0 Å². The Bertz CT molecular complexity index is 424. The Hall–Kier alpha value is -0.930. The summed E-state index contributed by atoms with van der Waals surface area (Å²) in [6, 6.07) is 6.76. The van der Waals surface area contributed by atoms with Crippen LogP contribution in [-0.2, 0) is 0 Å². The first-order valence-electron chi connectivity index (χ1n) is 6.31. The summed E-state index contributed by atoms with van der Waals surface area (Å²) in [7, 11) is 3.91. The van der Waals surface area contributed by atoms with Gasteiger partial charge in [-0.3, -0.25) is 4.90 Å². The molecule has 0 radical (unpaired) electrons. The Morgan fingerprint density at radius 3 is 3.00 bits per heavy atom. The fourth-order valence-corrected chi connectivity index (χ4v) is 3.14. The second kappa shape index (κ2) is 5.37. The summed E-state index contributed by atoms with van der Waals surface area (Å²) in [6.07, 6.45) is 2.53. The van der Waals surface area contributed by atoms with Crippen molar-refractivity contribution < 1.29 is 9.47 Å². The summed E-state index contributed by atoms with van der Waals surface area (Å²) >= 11 is 0. The van der Waals surface area contributed by atoms with Gasteiger partial charge in [0.2, 0.25) is 0 Å². The van der Waals surface area contributed by atoms with Gasteiger partial charge < -0.3 is 9.47 Å². The van der Waals surface area contributed by atoms with Gasteiger partial charge in [-0.15, -0.1) is 12.4 Å². The number of piperidine rings is 1. The third kappa shape index (κ3) is 2.06. The average molecular weight is 270 g/mol. The number of nitrogens with zero attached hydrogens (tertiary/aromatic N) is 1. The molecule has 0 saturated carbocycles. The molecule has 100 valence electrons. The van der Waals surface area contributed by atoms with E-state index in [1.165, 1.54) is 24.9 Å². The van der Waals surface area contributed by atoms with E-state index in [-0.39, 0.29) is 12.4 Å². The van der Waals surface area contributed by atoms with E-state index < -0.39 is 0 Å². The van der Waals surface area contributed by atoms with E-state index in [4.69, 9.17) is 9.47 Å². The van der Waals surface area contributed by atoms with E-state index in [1.807, 2.05) is 6.07 Å². The van der Waals surface area contributed by atoms with Crippen molar-refractivity contribution in [1.82, 2.24) is 4.90 Å². The Morgan fingerprint density at radius 1 is 1.39 bits per heavy atom. The van der Waals surface area contributed by atoms with E-state index in [9.17, 15) is 0 Å². The topological polar surface area (TPSA) is 21.7 Å². The lowest BCUT2D eigenvalue weighted by Gasteiger charge is -2.42. The van der Waals surface area contributed by atoms with Crippen LogP contribution in [-0.4, -0.2) is 38.3 Å².